The number of pyridine rings is 1. The Morgan fingerprint density at radius 2 is 1.74 bits per heavy atom. The van der Waals surface area contributed by atoms with E-state index in [1.165, 1.54) is 5.56 Å². The number of ether oxygens (including phenoxy) is 2. The highest BCUT2D eigenvalue weighted by molar-refractivity contribution is 7.98. The van der Waals surface area contributed by atoms with Crippen LogP contribution in [0, 0.1) is 6.92 Å². The lowest BCUT2D eigenvalue weighted by atomic mass is 10.1. The first-order valence-electron chi connectivity index (χ1n) is 11.5. The van der Waals surface area contributed by atoms with E-state index in [1.807, 2.05) is 42.5 Å². The van der Waals surface area contributed by atoms with Crippen molar-refractivity contribution in [2.45, 2.75) is 31.0 Å². The number of rotatable bonds is 10. The van der Waals surface area contributed by atoms with Gasteiger partial charge in [-0.15, -0.1) is 10.2 Å². The van der Waals surface area contributed by atoms with Gasteiger partial charge in [0.2, 0.25) is 0 Å². The highest BCUT2D eigenvalue weighted by Crippen LogP contribution is 2.30. The second kappa shape index (κ2) is 10.8. The van der Waals surface area contributed by atoms with Crippen molar-refractivity contribution in [3.05, 3.63) is 96.2 Å². The predicted octanol–water partition coefficient (Wildman–Crippen LogP) is 5.42. The molecule has 0 N–H and O–H groups in total. The maximum absolute atomic E-state index is 6.24. The number of nitrogens with zero attached hydrogens (tertiary/aromatic N) is 5. The first-order valence-corrected chi connectivity index (χ1v) is 12.4. The van der Waals surface area contributed by atoms with Crippen LogP contribution in [0.3, 0.4) is 0 Å². The summed E-state index contributed by atoms with van der Waals surface area (Å²) in [5.74, 6) is 2.27. The van der Waals surface area contributed by atoms with Gasteiger partial charge in [-0.25, -0.2) is 4.98 Å². The van der Waals surface area contributed by atoms with Gasteiger partial charge in [0.05, 0.1) is 12.3 Å². The van der Waals surface area contributed by atoms with E-state index in [0.29, 0.717) is 25.5 Å². The zero-order chi connectivity index (χ0) is 24.0. The van der Waals surface area contributed by atoms with Gasteiger partial charge in [0, 0.05) is 37.4 Å². The Labute approximate surface area is 208 Å². The molecule has 0 saturated carbocycles. The number of hydrogen-bond donors (Lipinski definition) is 0. The molecule has 0 atom stereocenters. The molecule has 0 bridgehead atoms. The number of aryl methyl sites for hydroxylation is 1. The molecule has 5 aromatic rings. The summed E-state index contributed by atoms with van der Waals surface area (Å²) in [6.07, 6.45) is 4.15. The smallest absolute Gasteiger partial charge is 0.191 e. The van der Waals surface area contributed by atoms with Crippen molar-refractivity contribution in [1.82, 2.24) is 24.1 Å². The molecule has 0 spiro atoms. The zero-order valence-electron chi connectivity index (χ0n) is 19.8. The van der Waals surface area contributed by atoms with Crippen LogP contribution in [0.1, 0.15) is 17.1 Å². The van der Waals surface area contributed by atoms with Crippen molar-refractivity contribution in [2.24, 2.45) is 0 Å². The second-order valence-corrected chi connectivity index (χ2v) is 9.13. The van der Waals surface area contributed by atoms with Crippen LogP contribution in [0.5, 0.6) is 5.75 Å². The van der Waals surface area contributed by atoms with E-state index in [9.17, 15) is 0 Å². The van der Waals surface area contributed by atoms with E-state index >= 15 is 0 Å². The molecule has 7 nitrogen and oxygen atoms in total. The van der Waals surface area contributed by atoms with Crippen LogP contribution in [0.15, 0.2) is 84.3 Å². The lowest BCUT2D eigenvalue weighted by Gasteiger charge is -2.13. The van der Waals surface area contributed by atoms with E-state index in [-0.39, 0.29) is 0 Å². The highest BCUT2D eigenvalue weighted by atomic mass is 32.2. The Balaban J connectivity index is 1.32. The zero-order valence-corrected chi connectivity index (χ0v) is 20.6. The second-order valence-electron chi connectivity index (χ2n) is 8.19. The molecule has 5 rings (SSSR count). The van der Waals surface area contributed by atoms with Crippen LogP contribution in [0.4, 0.5) is 0 Å². The standard InChI is InChI=1S/C27H27N5O2S/c1-20-12-13-25-28-22(17-31(25)16-20)19-35-27-30-29-26(32(27)14-15-33-2)18-34-24-11-7-6-10-23(24)21-8-4-3-5-9-21/h3-13,16-17H,14-15,18-19H2,1-2H3. The van der Waals surface area contributed by atoms with Crippen molar-refractivity contribution in [1.29, 1.82) is 0 Å². The van der Waals surface area contributed by atoms with Crippen molar-refractivity contribution < 1.29 is 9.47 Å². The van der Waals surface area contributed by atoms with Gasteiger partial charge < -0.3 is 18.4 Å². The summed E-state index contributed by atoms with van der Waals surface area (Å²) in [4.78, 5) is 4.72. The average molecular weight is 486 g/mol. The molecule has 0 unspecified atom stereocenters. The number of para-hydroxylation sites is 1. The van der Waals surface area contributed by atoms with Crippen LogP contribution in [-0.2, 0) is 23.6 Å². The van der Waals surface area contributed by atoms with Gasteiger partial charge >= 0.3 is 0 Å². The third-order valence-corrected chi connectivity index (χ3v) is 6.64. The summed E-state index contributed by atoms with van der Waals surface area (Å²) in [5.41, 5.74) is 5.30. The fraction of sp³-hybridized carbons (Fsp3) is 0.222. The number of thioether (sulfide) groups is 1. The number of benzene rings is 2. The Bertz CT molecular complexity index is 1410. The van der Waals surface area contributed by atoms with Crippen LogP contribution in [0.2, 0.25) is 0 Å². The van der Waals surface area contributed by atoms with E-state index < -0.39 is 0 Å². The summed E-state index contributed by atoms with van der Waals surface area (Å²) in [5, 5.41) is 9.71. The Morgan fingerprint density at radius 1 is 0.914 bits per heavy atom. The fourth-order valence-electron chi connectivity index (χ4n) is 3.89. The molecule has 0 amide bonds. The summed E-state index contributed by atoms with van der Waals surface area (Å²) < 4.78 is 15.7. The van der Waals surface area contributed by atoms with Gasteiger partial charge in [0.15, 0.2) is 11.0 Å². The number of aromatic nitrogens is 5. The largest absolute Gasteiger partial charge is 0.485 e. The molecule has 0 fully saturated rings. The van der Waals surface area contributed by atoms with Crippen LogP contribution in [-0.4, -0.2) is 37.9 Å². The third kappa shape index (κ3) is 5.39. The molecular formula is C27H27N5O2S. The molecule has 0 aliphatic heterocycles. The first-order chi connectivity index (χ1) is 17.2. The summed E-state index contributed by atoms with van der Waals surface area (Å²) in [6.45, 7) is 3.60. The van der Waals surface area contributed by atoms with Crippen molar-refractivity contribution in [2.75, 3.05) is 13.7 Å². The maximum Gasteiger partial charge on any atom is 0.191 e. The molecule has 35 heavy (non-hydrogen) atoms. The number of imidazole rings is 1. The van der Waals surface area contributed by atoms with E-state index in [1.54, 1.807) is 18.9 Å². The molecule has 8 heteroatoms. The third-order valence-electron chi connectivity index (χ3n) is 5.64. The molecular weight excluding hydrogens is 458 g/mol. The fourth-order valence-corrected chi connectivity index (χ4v) is 4.76. The van der Waals surface area contributed by atoms with Gasteiger partial charge in [0.25, 0.3) is 0 Å². The van der Waals surface area contributed by atoms with Gasteiger partial charge in [-0.2, -0.15) is 0 Å². The van der Waals surface area contributed by atoms with Gasteiger partial charge in [-0.1, -0.05) is 66.4 Å². The van der Waals surface area contributed by atoms with Crippen molar-refractivity contribution in [3.8, 4) is 16.9 Å². The molecule has 0 aliphatic carbocycles. The monoisotopic (exact) mass is 485 g/mol. The van der Waals surface area contributed by atoms with Crippen molar-refractivity contribution in [3.63, 3.8) is 0 Å². The SMILES string of the molecule is COCCn1c(COc2ccccc2-c2ccccc2)nnc1SCc1cn2cc(C)ccc2n1. The highest BCUT2D eigenvalue weighted by Gasteiger charge is 2.15. The summed E-state index contributed by atoms with van der Waals surface area (Å²) in [6, 6.07) is 22.4. The van der Waals surface area contributed by atoms with E-state index in [0.717, 1.165) is 39.2 Å². The minimum Gasteiger partial charge on any atom is -0.485 e. The maximum atomic E-state index is 6.24. The van der Waals surface area contributed by atoms with E-state index in [4.69, 9.17) is 14.5 Å². The van der Waals surface area contributed by atoms with Crippen LogP contribution < -0.4 is 4.74 Å². The predicted molar refractivity (Wildman–Crippen MR) is 138 cm³/mol. The van der Waals surface area contributed by atoms with Gasteiger partial charge in [-0.05, 0) is 30.2 Å². The van der Waals surface area contributed by atoms with Gasteiger partial charge in [0.1, 0.15) is 18.0 Å². The number of hydrogen-bond acceptors (Lipinski definition) is 6. The number of methoxy groups -OCH3 is 1. The Morgan fingerprint density at radius 3 is 2.60 bits per heavy atom. The molecule has 178 valence electrons. The first kappa shape index (κ1) is 23.1. The Hall–Kier alpha value is -3.62. The molecule has 0 radical (unpaired) electrons. The number of fused-ring (bicyclic) bond motifs is 1. The van der Waals surface area contributed by atoms with Crippen LogP contribution in [0.25, 0.3) is 16.8 Å². The minimum absolute atomic E-state index is 0.314. The summed E-state index contributed by atoms with van der Waals surface area (Å²) >= 11 is 1.61. The van der Waals surface area contributed by atoms with Crippen LogP contribution >= 0.6 is 11.8 Å². The molecule has 3 heterocycles. The van der Waals surface area contributed by atoms with Crippen molar-refractivity contribution >= 4 is 17.4 Å². The van der Waals surface area contributed by atoms with Gasteiger partial charge in [-0.3, -0.25) is 0 Å². The quantitative estimate of drug-likeness (QED) is 0.246. The minimum atomic E-state index is 0.314. The Kier molecular flexibility index (Phi) is 7.11. The molecule has 0 saturated heterocycles. The lowest BCUT2D eigenvalue weighted by molar-refractivity contribution is 0.181. The lowest BCUT2D eigenvalue weighted by Crippen LogP contribution is -2.12. The normalized spacial score (nSPS) is 11.3. The average Bonchev–Trinajstić information content (AvgIpc) is 3.48. The molecule has 2 aromatic carbocycles. The van der Waals surface area contributed by atoms with E-state index in [2.05, 4.69) is 62.7 Å². The topological polar surface area (TPSA) is 66.5 Å². The summed E-state index contributed by atoms with van der Waals surface area (Å²) in [7, 11) is 1.70. The molecule has 3 aromatic heterocycles. The molecule has 0 aliphatic rings.